The molecular weight excluding hydrogens is 194 g/mol. The molecule has 0 amide bonds. The molecular formula is C10H23N3O2. The predicted octanol–water partition coefficient (Wildman–Crippen LogP) is 0.919. The molecule has 4 N–H and O–H groups in total. The Morgan fingerprint density at radius 2 is 2.07 bits per heavy atom. The van der Waals surface area contributed by atoms with Gasteiger partial charge < -0.3 is 21.0 Å². The Bertz CT molecular complexity index is 163. The van der Waals surface area contributed by atoms with Gasteiger partial charge >= 0.3 is 0 Å². The van der Waals surface area contributed by atoms with Gasteiger partial charge in [0.05, 0.1) is 0 Å². The average Bonchev–Trinajstić information content (AvgIpc) is 2.26. The first-order valence-corrected chi connectivity index (χ1v) is 5.56. The minimum atomic E-state index is 0.295. The summed E-state index contributed by atoms with van der Waals surface area (Å²) < 4.78 is 5.33. The molecule has 0 saturated heterocycles. The number of hydrogen-bond acceptors (Lipinski definition) is 4. The van der Waals surface area contributed by atoms with Gasteiger partial charge in [0.1, 0.15) is 5.84 Å². The Balaban J connectivity index is 2.99. The number of ether oxygens (including phenoxy) is 1. The van der Waals surface area contributed by atoms with E-state index in [1.54, 1.807) is 0 Å². The smallest absolute Gasteiger partial charge is 0.139 e. The molecule has 15 heavy (non-hydrogen) atoms. The van der Waals surface area contributed by atoms with Crippen LogP contribution >= 0.6 is 0 Å². The molecule has 0 radical (unpaired) electrons. The highest BCUT2D eigenvalue weighted by Crippen LogP contribution is 1.88. The lowest BCUT2D eigenvalue weighted by molar-refractivity contribution is 0.132. The van der Waals surface area contributed by atoms with Crippen molar-refractivity contribution in [1.82, 2.24) is 5.32 Å². The first-order valence-electron chi connectivity index (χ1n) is 5.56. The lowest BCUT2D eigenvalue weighted by atomic mass is 10.3. The molecule has 0 aliphatic carbocycles. The van der Waals surface area contributed by atoms with Gasteiger partial charge in [-0.3, -0.25) is 0 Å². The lowest BCUT2D eigenvalue weighted by Gasteiger charge is -2.04. The van der Waals surface area contributed by atoms with Crippen LogP contribution in [0, 0.1) is 0 Å². The molecule has 0 fully saturated rings. The van der Waals surface area contributed by atoms with Crippen molar-refractivity contribution < 1.29 is 9.94 Å². The Morgan fingerprint density at radius 1 is 1.33 bits per heavy atom. The number of hydrogen-bond donors (Lipinski definition) is 3. The highest BCUT2D eigenvalue weighted by atomic mass is 16.5. The topological polar surface area (TPSA) is 79.9 Å². The van der Waals surface area contributed by atoms with Crippen LogP contribution in [0.4, 0.5) is 0 Å². The van der Waals surface area contributed by atoms with Gasteiger partial charge in [-0.2, -0.15) is 0 Å². The highest BCUT2D eigenvalue weighted by Gasteiger charge is 1.93. The van der Waals surface area contributed by atoms with E-state index in [2.05, 4.69) is 17.4 Å². The van der Waals surface area contributed by atoms with E-state index in [4.69, 9.17) is 15.7 Å². The maximum absolute atomic E-state index is 8.28. The van der Waals surface area contributed by atoms with Gasteiger partial charge in [-0.25, -0.2) is 0 Å². The molecule has 0 spiro atoms. The fraction of sp³-hybridized carbons (Fsp3) is 0.900. The van der Waals surface area contributed by atoms with Crippen LogP contribution in [-0.2, 0) is 4.74 Å². The second-order valence-electron chi connectivity index (χ2n) is 3.41. The van der Waals surface area contributed by atoms with Gasteiger partial charge in [-0.15, -0.1) is 0 Å². The van der Waals surface area contributed by atoms with E-state index in [0.29, 0.717) is 12.3 Å². The maximum atomic E-state index is 8.28. The predicted molar refractivity (Wildman–Crippen MR) is 61.2 cm³/mol. The van der Waals surface area contributed by atoms with Crippen LogP contribution in [0.3, 0.4) is 0 Å². The molecule has 0 aromatic carbocycles. The summed E-state index contributed by atoms with van der Waals surface area (Å²) >= 11 is 0. The van der Waals surface area contributed by atoms with Crippen LogP contribution in [0.15, 0.2) is 5.16 Å². The largest absolute Gasteiger partial charge is 0.409 e. The van der Waals surface area contributed by atoms with Gasteiger partial charge in [0.25, 0.3) is 0 Å². The van der Waals surface area contributed by atoms with Crippen molar-refractivity contribution in [3.05, 3.63) is 0 Å². The van der Waals surface area contributed by atoms with Crippen LogP contribution in [0.1, 0.15) is 32.6 Å². The van der Waals surface area contributed by atoms with Crippen molar-refractivity contribution in [2.24, 2.45) is 10.9 Å². The van der Waals surface area contributed by atoms with Crippen molar-refractivity contribution >= 4 is 5.84 Å². The van der Waals surface area contributed by atoms with E-state index in [0.717, 1.165) is 45.6 Å². The average molecular weight is 217 g/mol. The molecule has 5 heteroatoms. The summed E-state index contributed by atoms with van der Waals surface area (Å²) in [5.41, 5.74) is 5.32. The van der Waals surface area contributed by atoms with Gasteiger partial charge in [-0.05, 0) is 32.4 Å². The molecule has 0 aromatic rings. The normalized spacial score (nSPS) is 11.9. The minimum Gasteiger partial charge on any atom is -0.409 e. The molecule has 90 valence electrons. The molecule has 0 saturated carbocycles. The number of nitrogens with one attached hydrogen (secondary N) is 1. The summed E-state index contributed by atoms with van der Waals surface area (Å²) in [4.78, 5) is 0. The zero-order valence-corrected chi connectivity index (χ0v) is 9.54. The van der Waals surface area contributed by atoms with Crippen molar-refractivity contribution in [3.8, 4) is 0 Å². The van der Waals surface area contributed by atoms with Crippen LogP contribution < -0.4 is 11.1 Å². The van der Waals surface area contributed by atoms with E-state index < -0.39 is 0 Å². The summed E-state index contributed by atoms with van der Waals surface area (Å²) in [6.07, 6.45) is 3.64. The first-order chi connectivity index (χ1) is 7.31. The van der Waals surface area contributed by atoms with Gasteiger partial charge in [-0.1, -0.05) is 12.1 Å². The second-order valence-corrected chi connectivity index (χ2v) is 3.41. The van der Waals surface area contributed by atoms with Crippen LogP contribution in [0.25, 0.3) is 0 Å². The second kappa shape index (κ2) is 11.3. The zero-order valence-electron chi connectivity index (χ0n) is 9.54. The van der Waals surface area contributed by atoms with Crippen LogP contribution in [-0.4, -0.2) is 37.3 Å². The van der Waals surface area contributed by atoms with Crippen molar-refractivity contribution in [3.63, 3.8) is 0 Å². The van der Waals surface area contributed by atoms with E-state index in [9.17, 15) is 0 Å². The zero-order chi connectivity index (χ0) is 11.4. The van der Waals surface area contributed by atoms with E-state index in [1.807, 2.05) is 0 Å². The molecule has 0 heterocycles. The molecule has 0 atom stereocenters. The van der Waals surface area contributed by atoms with Gasteiger partial charge in [0.15, 0.2) is 0 Å². The third kappa shape index (κ3) is 11.1. The highest BCUT2D eigenvalue weighted by molar-refractivity contribution is 5.79. The van der Waals surface area contributed by atoms with Crippen molar-refractivity contribution in [1.29, 1.82) is 0 Å². The standard InChI is InChI=1S/C10H23N3O2/c1-2-8-15-9-4-7-12-6-3-5-10(11)13-14/h12,14H,2-9H2,1H3,(H2,11,13). The number of nitrogens with two attached hydrogens (primary N) is 1. The minimum absolute atomic E-state index is 0.295. The van der Waals surface area contributed by atoms with Crippen LogP contribution in [0.5, 0.6) is 0 Å². The number of oxime groups is 1. The third-order valence-corrected chi connectivity index (χ3v) is 1.91. The van der Waals surface area contributed by atoms with Gasteiger partial charge in [0.2, 0.25) is 0 Å². The summed E-state index contributed by atoms with van der Waals surface area (Å²) in [6.45, 7) is 5.62. The quantitative estimate of drug-likeness (QED) is 0.167. The molecule has 0 aliphatic heterocycles. The number of amidine groups is 1. The summed E-state index contributed by atoms with van der Waals surface area (Å²) in [6, 6.07) is 0. The van der Waals surface area contributed by atoms with Crippen LogP contribution in [0.2, 0.25) is 0 Å². The van der Waals surface area contributed by atoms with Gasteiger partial charge in [0, 0.05) is 19.6 Å². The molecule has 5 nitrogen and oxygen atoms in total. The fourth-order valence-corrected chi connectivity index (χ4v) is 1.12. The van der Waals surface area contributed by atoms with E-state index in [1.165, 1.54) is 0 Å². The summed E-state index contributed by atoms with van der Waals surface area (Å²) in [5, 5.41) is 14.5. The number of nitrogens with zero attached hydrogens (tertiary/aromatic N) is 1. The maximum Gasteiger partial charge on any atom is 0.139 e. The third-order valence-electron chi connectivity index (χ3n) is 1.91. The lowest BCUT2D eigenvalue weighted by Crippen LogP contribution is -2.20. The van der Waals surface area contributed by atoms with Crippen molar-refractivity contribution in [2.45, 2.75) is 32.6 Å². The Labute approximate surface area is 91.7 Å². The summed E-state index contributed by atoms with van der Waals surface area (Å²) in [7, 11) is 0. The molecule has 0 aromatic heterocycles. The number of rotatable bonds is 10. The molecule has 0 bridgehead atoms. The summed E-state index contributed by atoms with van der Waals surface area (Å²) in [5.74, 6) is 0.295. The van der Waals surface area contributed by atoms with E-state index >= 15 is 0 Å². The molecule has 0 unspecified atom stereocenters. The van der Waals surface area contributed by atoms with E-state index in [-0.39, 0.29) is 0 Å². The Morgan fingerprint density at radius 3 is 2.73 bits per heavy atom. The first kappa shape index (κ1) is 14.2. The van der Waals surface area contributed by atoms with Crippen molar-refractivity contribution in [2.75, 3.05) is 26.3 Å². The fourth-order valence-electron chi connectivity index (χ4n) is 1.12. The Kier molecular flexibility index (Phi) is 10.7. The Hall–Kier alpha value is -0.810. The molecule has 0 rings (SSSR count). The molecule has 0 aliphatic rings. The SMILES string of the molecule is CCCOCCCNCCCC(N)=NO. The monoisotopic (exact) mass is 217 g/mol.